The Labute approximate surface area is 124 Å². The fraction of sp³-hybridized carbons (Fsp3) is 0.562. The molecule has 1 aromatic rings. The Morgan fingerprint density at radius 1 is 1.24 bits per heavy atom. The van der Waals surface area contributed by atoms with Crippen molar-refractivity contribution in [2.45, 2.75) is 37.6 Å². The highest BCUT2D eigenvalue weighted by Gasteiger charge is 2.34. The molecule has 2 rings (SSSR count). The van der Waals surface area contributed by atoms with E-state index < -0.39 is 17.5 Å². The van der Waals surface area contributed by atoms with E-state index in [1.165, 1.54) is 18.6 Å². The Bertz CT molecular complexity index is 511. The molecular weight excluding hydrogens is 274 g/mol. The topological polar surface area (TPSA) is 32.3 Å². The summed E-state index contributed by atoms with van der Waals surface area (Å²) < 4.78 is 26.8. The van der Waals surface area contributed by atoms with Crippen LogP contribution in [0.4, 0.5) is 8.78 Å². The second-order valence-electron chi connectivity index (χ2n) is 5.96. The maximum atomic E-state index is 13.6. The van der Waals surface area contributed by atoms with Crippen LogP contribution in [0.15, 0.2) is 18.2 Å². The van der Waals surface area contributed by atoms with E-state index in [2.05, 4.69) is 10.2 Å². The highest BCUT2D eigenvalue weighted by atomic mass is 19.2. The lowest BCUT2D eigenvalue weighted by Crippen LogP contribution is -2.53. The van der Waals surface area contributed by atoms with Gasteiger partial charge in [0.1, 0.15) is 0 Å². The number of amides is 1. The van der Waals surface area contributed by atoms with Gasteiger partial charge < -0.3 is 10.2 Å². The first-order valence-electron chi connectivity index (χ1n) is 7.36. The maximum absolute atomic E-state index is 13.6. The van der Waals surface area contributed by atoms with Crippen molar-refractivity contribution in [3.8, 4) is 0 Å². The zero-order chi connectivity index (χ0) is 15.5. The van der Waals surface area contributed by atoms with Gasteiger partial charge in [-0.3, -0.25) is 4.79 Å². The van der Waals surface area contributed by atoms with E-state index in [0.29, 0.717) is 6.54 Å². The molecule has 1 fully saturated rings. The van der Waals surface area contributed by atoms with Crippen molar-refractivity contribution in [1.82, 2.24) is 10.2 Å². The normalized spacial score (nSPS) is 17.8. The molecule has 21 heavy (non-hydrogen) atoms. The van der Waals surface area contributed by atoms with E-state index in [-0.39, 0.29) is 11.1 Å². The summed E-state index contributed by atoms with van der Waals surface area (Å²) in [6.07, 6.45) is 5.48. The summed E-state index contributed by atoms with van der Waals surface area (Å²) >= 11 is 0. The SMILES string of the molecule is CN(C)C1(CNC(=O)c2cccc(F)c2F)CCCCC1. The number of likely N-dealkylation sites (N-methyl/N-ethyl adjacent to an activating group) is 1. The van der Waals surface area contributed by atoms with Crippen molar-refractivity contribution in [3.05, 3.63) is 35.4 Å². The van der Waals surface area contributed by atoms with Crippen LogP contribution >= 0.6 is 0 Å². The van der Waals surface area contributed by atoms with E-state index in [0.717, 1.165) is 31.7 Å². The lowest BCUT2D eigenvalue weighted by atomic mass is 9.80. The van der Waals surface area contributed by atoms with Gasteiger partial charge in [0.25, 0.3) is 5.91 Å². The summed E-state index contributed by atoms with van der Waals surface area (Å²) in [7, 11) is 4.00. The van der Waals surface area contributed by atoms with Gasteiger partial charge in [-0.25, -0.2) is 8.78 Å². The number of rotatable bonds is 4. The van der Waals surface area contributed by atoms with Gasteiger partial charge in [0.05, 0.1) is 5.56 Å². The molecule has 0 bridgehead atoms. The molecule has 1 aliphatic carbocycles. The summed E-state index contributed by atoms with van der Waals surface area (Å²) in [6, 6.07) is 3.65. The van der Waals surface area contributed by atoms with Crippen LogP contribution in [0.25, 0.3) is 0 Å². The average molecular weight is 296 g/mol. The molecule has 0 saturated heterocycles. The molecule has 1 aliphatic rings. The van der Waals surface area contributed by atoms with Gasteiger partial charge >= 0.3 is 0 Å². The Balaban J connectivity index is 2.07. The van der Waals surface area contributed by atoms with E-state index in [4.69, 9.17) is 0 Å². The van der Waals surface area contributed by atoms with Crippen LogP contribution in [0.2, 0.25) is 0 Å². The highest BCUT2D eigenvalue weighted by molar-refractivity contribution is 5.94. The van der Waals surface area contributed by atoms with E-state index in [1.54, 1.807) is 0 Å². The Morgan fingerprint density at radius 3 is 2.52 bits per heavy atom. The molecular formula is C16H22F2N2O. The Morgan fingerprint density at radius 2 is 1.90 bits per heavy atom. The Kier molecular flexibility index (Phi) is 4.93. The van der Waals surface area contributed by atoms with Crippen molar-refractivity contribution in [1.29, 1.82) is 0 Å². The van der Waals surface area contributed by atoms with Crippen LogP contribution in [-0.4, -0.2) is 37.0 Å². The smallest absolute Gasteiger partial charge is 0.254 e. The van der Waals surface area contributed by atoms with Crippen molar-refractivity contribution >= 4 is 5.91 Å². The van der Waals surface area contributed by atoms with E-state index in [1.807, 2.05) is 14.1 Å². The zero-order valence-corrected chi connectivity index (χ0v) is 12.6. The van der Waals surface area contributed by atoms with Gasteiger partial charge in [0, 0.05) is 12.1 Å². The fourth-order valence-corrected chi connectivity index (χ4v) is 3.01. The summed E-state index contributed by atoms with van der Waals surface area (Å²) in [5.41, 5.74) is -0.322. The number of carbonyl (C=O) groups excluding carboxylic acids is 1. The van der Waals surface area contributed by atoms with Gasteiger partial charge in [-0.1, -0.05) is 25.3 Å². The summed E-state index contributed by atoms with van der Waals surface area (Å²) in [6.45, 7) is 0.453. The Hall–Kier alpha value is -1.49. The first-order chi connectivity index (χ1) is 9.96. The molecule has 1 amide bonds. The molecule has 116 valence electrons. The summed E-state index contributed by atoms with van der Waals surface area (Å²) in [4.78, 5) is 14.2. The molecule has 0 aliphatic heterocycles. The predicted octanol–water partition coefficient (Wildman–Crippen LogP) is 2.96. The number of benzene rings is 1. The monoisotopic (exact) mass is 296 g/mol. The van der Waals surface area contributed by atoms with Crippen LogP contribution in [0, 0.1) is 11.6 Å². The maximum Gasteiger partial charge on any atom is 0.254 e. The van der Waals surface area contributed by atoms with E-state index >= 15 is 0 Å². The van der Waals surface area contributed by atoms with Gasteiger partial charge in [0.2, 0.25) is 0 Å². The van der Waals surface area contributed by atoms with Gasteiger partial charge in [-0.05, 0) is 39.1 Å². The van der Waals surface area contributed by atoms with E-state index in [9.17, 15) is 13.6 Å². The average Bonchev–Trinajstić information content (AvgIpc) is 2.48. The third-order valence-corrected chi connectivity index (χ3v) is 4.51. The van der Waals surface area contributed by atoms with Gasteiger partial charge in [-0.15, -0.1) is 0 Å². The first kappa shape index (κ1) is 15.9. The molecule has 0 atom stereocenters. The highest BCUT2D eigenvalue weighted by Crippen LogP contribution is 2.31. The largest absolute Gasteiger partial charge is 0.350 e. The van der Waals surface area contributed by atoms with Gasteiger partial charge in [-0.2, -0.15) is 0 Å². The van der Waals surface area contributed by atoms with Crippen LogP contribution in [-0.2, 0) is 0 Å². The second kappa shape index (κ2) is 6.52. The molecule has 5 heteroatoms. The van der Waals surface area contributed by atoms with Crippen LogP contribution in [0.3, 0.4) is 0 Å². The molecule has 3 nitrogen and oxygen atoms in total. The number of hydrogen-bond donors (Lipinski definition) is 1. The number of nitrogens with zero attached hydrogens (tertiary/aromatic N) is 1. The number of carbonyl (C=O) groups is 1. The molecule has 0 spiro atoms. The third kappa shape index (κ3) is 3.40. The standard InChI is InChI=1S/C16H22F2N2O/c1-20(2)16(9-4-3-5-10-16)11-19-15(21)12-7-6-8-13(17)14(12)18/h6-8H,3-5,9-11H2,1-2H3,(H,19,21). The third-order valence-electron chi connectivity index (χ3n) is 4.51. The molecule has 0 aromatic heterocycles. The van der Waals surface area contributed by atoms with Crippen molar-refractivity contribution in [2.24, 2.45) is 0 Å². The lowest BCUT2D eigenvalue weighted by Gasteiger charge is -2.43. The number of hydrogen-bond acceptors (Lipinski definition) is 2. The van der Waals surface area contributed by atoms with Crippen LogP contribution < -0.4 is 5.32 Å². The van der Waals surface area contributed by atoms with Crippen molar-refractivity contribution in [3.63, 3.8) is 0 Å². The molecule has 1 saturated carbocycles. The number of nitrogens with one attached hydrogen (secondary N) is 1. The quantitative estimate of drug-likeness (QED) is 0.926. The molecule has 0 radical (unpaired) electrons. The lowest BCUT2D eigenvalue weighted by molar-refractivity contribution is 0.0796. The molecule has 0 heterocycles. The molecule has 1 N–H and O–H groups in total. The van der Waals surface area contributed by atoms with Crippen LogP contribution in [0.1, 0.15) is 42.5 Å². The predicted molar refractivity (Wildman–Crippen MR) is 78.2 cm³/mol. The van der Waals surface area contributed by atoms with Crippen LogP contribution in [0.5, 0.6) is 0 Å². The summed E-state index contributed by atoms with van der Waals surface area (Å²) in [5, 5.41) is 2.77. The second-order valence-corrected chi connectivity index (χ2v) is 5.96. The van der Waals surface area contributed by atoms with Gasteiger partial charge in [0.15, 0.2) is 11.6 Å². The minimum atomic E-state index is -1.09. The molecule has 1 aromatic carbocycles. The minimum Gasteiger partial charge on any atom is -0.350 e. The molecule has 0 unspecified atom stereocenters. The number of halogens is 2. The fourth-order valence-electron chi connectivity index (χ4n) is 3.01. The zero-order valence-electron chi connectivity index (χ0n) is 12.6. The first-order valence-corrected chi connectivity index (χ1v) is 7.36. The van der Waals surface area contributed by atoms with Crippen molar-refractivity contribution < 1.29 is 13.6 Å². The summed E-state index contributed by atoms with van der Waals surface area (Å²) in [5.74, 6) is -2.64. The van der Waals surface area contributed by atoms with Crippen molar-refractivity contribution in [2.75, 3.05) is 20.6 Å². The minimum absolute atomic E-state index is 0.0856.